The van der Waals surface area contributed by atoms with E-state index < -0.39 is 11.8 Å². The van der Waals surface area contributed by atoms with E-state index in [1.807, 2.05) is 19.1 Å². The number of anilines is 1. The minimum absolute atomic E-state index is 0.157. The number of carbonyl (C=O) groups is 3. The highest BCUT2D eigenvalue weighted by atomic mass is 79.9. The van der Waals surface area contributed by atoms with Crippen molar-refractivity contribution in [3.8, 4) is 11.5 Å². The van der Waals surface area contributed by atoms with Crippen molar-refractivity contribution in [1.29, 1.82) is 0 Å². The molecule has 0 aliphatic carbocycles. The maximum Gasteiger partial charge on any atom is 0.329 e. The Bertz CT molecular complexity index is 1020. The molecule has 0 spiro atoms. The van der Waals surface area contributed by atoms with Crippen molar-refractivity contribution < 1.29 is 23.9 Å². The second-order valence-corrected chi connectivity index (χ2v) is 7.89. The van der Waals surface area contributed by atoms with Crippen LogP contribution in [0, 0.1) is 6.92 Å². The van der Waals surface area contributed by atoms with E-state index in [4.69, 9.17) is 9.47 Å². The zero-order valence-corrected chi connectivity index (χ0v) is 19.8. The van der Waals surface area contributed by atoms with Crippen LogP contribution in [0.2, 0.25) is 0 Å². The lowest BCUT2D eigenvalue weighted by atomic mass is 10.2. The number of methoxy groups -OCH3 is 1. The largest absolute Gasteiger partial charge is 0.493 e. The van der Waals surface area contributed by atoms with Crippen LogP contribution in [-0.2, 0) is 14.4 Å². The molecule has 32 heavy (non-hydrogen) atoms. The number of hydrogen-bond donors (Lipinski definition) is 3. The average Bonchev–Trinajstić information content (AvgIpc) is 2.74. The summed E-state index contributed by atoms with van der Waals surface area (Å²) in [6, 6.07) is 10.2. The Kier molecular flexibility index (Phi) is 9.21. The summed E-state index contributed by atoms with van der Waals surface area (Å²) in [4.78, 5) is 35.4. The van der Waals surface area contributed by atoms with E-state index in [9.17, 15) is 14.4 Å². The SMILES string of the molecule is COc1cc(/C=N\NC(=O)C(=O)NC(C)C)ccc1OCC(=O)Nc1ccc(Br)c(C)c1. The van der Waals surface area contributed by atoms with Crippen LogP contribution in [0.1, 0.15) is 25.0 Å². The van der Waals surface area contributed by atoms with Crippen LogP contribution in [0.5, 0.6) is 11.5 Å². The third kappa shape index (κ3) is 7.69. The van der Waals surface area contributed by atoms with Gasteiger partial charge >= 0.3 is 11.8 Å². The number of carbonyl (C=O) groups excluding carboxylic acids is 3. The summed E-state index contributed by atoms with van der Waals surface area (Å²) in [7, 11) is 1.46. The van der Waals surface area contributed by atoms with E-state index >= 15 is 0 Å². The van der Waals surface area contributed by atoms with Gasteiger partial charge < -0.3 is 20.1 Å². The molecule has 3 amide bonds. The first kappa shape index (κ1) is 24.9. The third-order valence-corrected chi connectivity index (χ3v) is 4.88. The lowest BCUT2D eigenvalue weighted by Gasteiger charge is -2.12. The Morgan fingerprint density at radius 3 is 2.50 bits per heavy atom. The number of ether oxygens (including phenoxy) is 2. The van der Waals surface area contributed by atoms with Crippen LogP contribution in [0.25, 0.3) is 0 Å². The quantitative estimate of drug-likeness (QED) is 0.290. The topological polar surface area (TPSA) is 118 Å². The standard InChI is InChI=1S/C22H25BrN4O5/c1-13(2)25-21(29)22(30)27-24-11-15-5-8-18(19(10-15)31-4)32-12-20(28)26-16-6-7-17(23)14(3)9-16/h5-11,13H,12H2,1-4H3,(H,25,29)(H,26,28)(H,27,30)/b24-11-. The van der Waals surface area contributed by atoms with Crippen molar-refractivity contribution in [2.75, 3.05) is 19.0 Å². The van der Waals surface area contributed by atoms with E-state index in [1.165, 1.54) is 13.3 Å². The molecule has 0 radical (unpaired) electrons. The molecule has 0 saturated carbocycles. The number of benzene rings is 2. The first-order valence-corrected chi connectivity index (χ1v) is 10.5. The molecule has 170 valence electrons. The van der Waals surface area contributed by atoms with Gasteiger partial charge in [-0.15, -0.1) is 0 Å². The van der Waals surface area contributed by atoms with Gasteiger partial charge in [0, 0.05) is 16.2 Å². The second-order valence-electron chi connectivity index (χ2n) is 7.04. The maximum absolute atomic E-state index is 12.2. The van der Waals surface area contributed by atoms with E-state index in [1.54, 1.807) is 38.1 Å². The number of aryl methyl sites for hydroxylation is 1. The molecule has 0 unspecified atom stereocenters. The van der Waals surface area contributed by atoms with Crippen LogP contribution >= 0.6 is 15.9 Å². The highest BCUT2D eigenvalue weighted by Crippen LogP contribution is 2.27. The molecular weight excluding hydrogens is 480 g/mol. The van der Waals surface area contributed by atoms with Crippen molar-refractivity contribution in [3.63, 3.8) is 0 Å². The Morgan fingerprint density at radius 2 is 1.84 bits per heavy atom. The molecule has 2 rings (SSSR count). The average molecular weight is 505 g/mol. The summed E-state index contributed by atoms with van der Waals surface area (Å²) in [5.74, 6) is -1.21. The maximum atomic E-state index is 12.2. The van der Waals surface area contributed by atoms with Gasteiger partial charge in [0.2, 0.25) is 0 Å². The van der Waals surface area contributed by atoms with E-state index in [0.29, 0.717) is 22.7 Å². The van der Waals surface area contributed by atoms with Crippen LogP contribution in [0.3, 0.4) is 0 Å². The fraction of sp³-hybridized carbons (Fsp3) is 0.273. The molecule has 0 saturated heterocycles. The molecule has 0 aliphatic heterocycles. The van der Waals surface area contributed by atoms with Crippen molar-refractivity contribution in [2.24, 2.45) is 5.10 Å². The molecule has 0 heterocycles. The normalized spacial score (nSPS) is 10.7. The lowest BCUT2D eigenvalue weighted by molar-refractivity contribution is -0.139. The third-order valence-electron chi connectivity index (χ3n) is 3.99. The van der Waals surface area contributed by atoms with Gasteiger partial charge in [-0.2, -0.15) is 5.10 Å². The number of halogens is 1. The minimum Gasteiger partial charge on any atom is -0.493 e. The monoisotopic (exact) mass is 504 g/mol. The first-order chi connectivity index (χ1) is 15.2. The predicted molar refractivity (Wildman–Crippen MR) is 125 cm³/mol. The summed E-state index contributed by atoms with van der Waals surface area (Å²) in [5.41, 5.74) is 4.41. The van der Waals surface area contributed by atoms with Gasteiger partial charge in [0.25, 0.3) is 5.91 Å². The Balaban J connectivity index is 1.93. The van der Waals surface area contributed by atoms with Crippen LogP contribution < -0.4 is 25.5 Å². The highest BCUT2D eigenvalue weighted by molar-refractivity contribution is 9.10. The predicted octanol–water partition coefficient (Wildman–Crippen LogP) is 2.76. The number of amides is 3. The smallest absolute Gasteiger partial charge is 0.329 e. The van der Waals surface area contributed by atoms with Gasteiger partial charge in [-0.1, -0.05) is 15.9 Å². The Morgan fingerprint density at radius 1 is 1.09 bits per heavy atom. The first-order valence-electron chi connectivity index (χ1n) is 9.70. The fourth-order valence-electron chi connectivity index (χ4n) is 2.49. The molecule has 10 heteroatoms. The number of hydrogen-bond acceptors (Lipinski definition) is 6. The van der Waals surface area contributed by atoms with Crippen LogP contribution in [0.15, 0.2) is 46.0 Å². The van der Waals surface area contributed by atoms with Gasteiger partial charge in [-0.3, -0.25) is 14.4 Å². The van der Waals surface area contributed by atoms with Gasteiger partial charge in [0.15, 0.2) is 18.1 Å². The molecule has 0 aromatic heterocycles. The molecule has 0 fully saturated rings. The zero-order valence-electron chi connectivity index (χ0n) is 18.2. The lowest BCUT2D eigenvalue weighted by Crippen LogP contribution is -2.41. The van der Waals surface area contributed by atoms with Crippen molar-refractivity contribution in [2.45, 2.75) is 26.8 Å². The van der Waals surface area contributed by atoms with E-state index in [2.05, 4.69) is 37.1 Å². The Labute approximate surface area is 194 Å². The van der Waals surface area contributed by atoms with E-state index in [-0.39, 0.29) is 18.6 Å². The zero-order chi connectivity index (χ0) is 23.7. The van der Waals surface area contributed by atoms with Gasteiger partial charge in [-0.05, 0) is 68.3 Å². The summed E-state index contributed by atoms with van der Waals surface area (Å²) < 4.78 is 11.8. The van der Waals surface area contributed by atoms with Gasteiger partial charge in [-0.25, -0.2) is 5.43 Å². The number of rotatable bonds is 8. The fourth-order valence-corrected chi connectivity index (χ4v) is 2.74. The second kappa shape index (κ2) is 11.8. The molecule has 9 nitrogen and oxygen atoms in total. The molecular formula is C22H25BrN4O5. The molecule has 2 aromatic carbocycles. The van der Waals surface area contributed by atoms with Crippen LogP contribution in [0.4, 0.5) is 5.69 Å². The van der Waals surface area contributed by atoms with Crippen molar-refractivity contribution in [3.05, 3.63) is 52.0 Å². The Hall–Kier alpha value is -3.40. The number of nitrogens with zero attached hydrogens (tertiary/aromatic N) is 1. The molecule has 0 bridgehead atoms. The van der Waals surface area contributed by atoms with Crippen LogP contribution in [-0.4, -0.2) is 43.7 Å². The number of nitrogens with one attached hydrogen (secondary N) is 3. The van der Waals surface area contributed by atoms with E-state index in [0.717, 1.165) is 10.0 Å². The minimum atomic E-state index is -0.867. The molecule has 0 aliphatic rings. The summed E-state index contributed by atoms with van der Waals surface area (Å²) in [6.07, 6.45) is 1.36. The number of hydrazone groups is 1. The van der Waals surface area contributed by atoms with Gasteiger partial charge in [0.05, 0.1) is 13.3 Å². The molecule has 2 aromatic rings. The van der Waals surface area contributed by atoms with Gasteiger partial charge in [0.1, 0.15) is 0 Å². The summed E-state index contributed by atoms with van der Waals surface area (Å²) in [6.45, 7) is 5.21. The molecule has 0 atom stereocenters. The summed E-state index contributed by atoms with van der Waals surface area (Å²) in [5, 5.41) is 8.99. The highest BCUT2D eigenvalue weighted by Gasteiger charge is 2.13. The summed E-state index contributed by atoms with van der Waals surface area (Å²) >= 11 is 3.42. The van der Waals surface area contributed by atoms with Crippen molar-refractivity contribution >= 4 is 45.6 Å². The molecule has 3 N–H and O–H groups in total. The van der Waals surface area contributed by atoms with Crippen molar-refractivity contribution in [1.82, 2.24) is 10.7 Å².